The number of aromatic nitrogens is 3. The predicted molar refractivity (Wildman–Crippen MR) is 206 cm³/mol. The lowest BCUT2D eigenvalue weighted by atomic mass is 9.89. The third-order valence-corrected chi connectivity index (χ3v) is 11.5. The minimum atomic E-state index is -0.263. The first-order valence-electron chi connectivity index (χ1n) is 19.0. The number of rotatable bonds is 8. The molecule has 2 fully saturated rings. The van der Waals surface area contributed by atoms with Crippen LogP contribution in [0, 0.1) is 18.7 Å². The van der Waals surface area contributed by atoms with Gasteiger partial charge in [-0.1, -0.05) is 30.3 Å². The molecule has 0 saturated carbocycles. The molecule has 6 heterocycles. The summed E-state index contributed by atoms with van der Waals surface area (Å²) in [4.78, 5) is 42.4. The molecule has 11 nitrogen and oxygen atoms in total. The van der Waals surface area contributed by atoms with Gasteiger partial charge in [-0.25, -0.2) is 19.3 Å². The lowest BCUT2D eigenvalue weighted by molar-refractivity contribution is -0.134. The first-order chi connectivity index (χ1) is 26.3. The molecule has 1 atom stereocenters. The molecule has 2 amide bonds. The molecule has 9 rings (SSSR count). The van der Waals surface area contributed by atoms with Crippen molar-refractivity contribution >= 4 is 45.7 Å². The molecule has 54 heavy (non-hydrogen) atoms. The van der Waals surface area contributed by atoms with Crippen molar-refractivity contribution in [2.75, 3.05) is 48.3 Å². The van der Waals surface area contributed by atoms with Crippen molar-refractivity contribution in [2.24, 2.45) is 5.92 Å². The summed E-state index contributed by atoms with van der Waals surface area (Å²) in [7, 11) is 0. The minimum Gasteiger partial charge on any atom is -0.474 e. The van der Waals surface area contributed by atoms with Crippen molar-refractivity contribution in [1.82, 2.24) is 25.2 Å². The summed E-state index contributed by atoms with van der Waals surface area (Å²) >= 11 is 0. The highest BCUT2D eigenvalue weighted by Gasteiger charge is 2.30. The van der Waals surface area contributed by atoms with E-state index in [1.165, 1.54) is 17.2 Å². The van der Waals surface area contributed by atoms with E-state index in [0.29, 0.717) is 48.6 Å². The van der Waals surface area contributed by atoms with Crippen molar-refractivity contribution in [3.05, 3.63) is 95.1 Å². The SMILES string of the molecule is Cc1c(-c2ccc3cnc(Nc4ccc(N5CCC(CCN6Cc7ccc(C8CCC(=O)NC8=O)cc7C6)CC5)c(F)c4)nc3c2)cnc2c1NCCO2. The number of pyridine rings is 1. The number of hydrogen-bond donors (Lipinski definition) is 3. The molecule has 0 bridgehead atoms. The van der Waals surface area contributed by atoms with Crippen LogP contribution in [-0.4, -0.2) is 64.5 Å². The third-order valence-electron chi connectivity index (χ3n) is 11.5. The molecular formula is C42H43FN8O3. The van der Waals surface area contributed by atoms with E-state index in [0.717, 1.165) is 97.4 Å². The molecule has 1 unspecified atom stereocenters. The summed E-state index contributed by atoms with van der Waals surface area (Å²) in [6.07, 6.45) is 7.74. The molecule has 0 aliphatic carbocycles. The van der Waals surface area contributed by atoms with Gasteiger partial charge in [0.05, 0.1) is 17.1 Å². The molecule has 12 heteroatoms. The lowest BCUT2D eigenvalue weighted by Gasteiger charge is -2.34. The normalized spacial score (nSPS) is 18.9. The van der Waals surface area contributed by atoms with Crippen molar-refractivity contribution < 1.29 is 18.7 Å². The largest absolute Gasteiger partial charge is 0.474 e. The summed E-state index contributed by atoms with van der Waals surface area (Å²) in [5.74, 6) is 0.746. The second-order valence-corrected chi connectivity index (χ2v) is 15.0. The second-order valence-electron chi connectivity index (χ2n) is 15.0. The summed E-state index contributed by atoms with van der Waals surface area (Å²) < 4.78 is 21.3. The Labute approximate surface area is 313 Å². The topological polar surface area (TPSA) is 125 Å². The molecule has 4 aliphatic rings. The van der Waals surface area contributed by atoms with E-state index in [1.54, 1.807) is 6.20 Å². The number of ether oxygens (including phenoxy) is 1. The van der Waals surface area contributed by atoms with Crippen LogP contribution in [0.25, 0.3) is 22.0 Å². The monoisotopic (exact) mass is 726 g/mol. The smallest absolute Gasteiger partial charge is 0.237 e. The molecule has 3 N–H and O–H groups in total. The first-order valence-corrected chi connectivity index (χ1v) is 19.0. The maximum Gasteiger partial charge on any atom is 0.237 e. The van der Waals surface area contributed by atoms with Gasteiger partial charge in [0.1, 0.15) is 18.1 Å². The van der Waals surface area contributed by atoms with E-state index in [9.17, 15) is 9.59 Å². The van der Waals surface area contributed by atoms with Crippen LogP contribution in [0.4, 0.5) is 27.4 Å². The van der Waals surface area contributed by atoms with Gasteiger partial charge in [0, 0.05) is 68.2 Å². The van der Waals surface area contributed by atoms with Crippen molar-refractivity contribution in [3.63, 3.8) is 0 Å². The Balaban J connectivity index is 0.787. The van der Waals surface area contributed by atoms with Crippen LogP contribution < -0.4 is 25.6 Å². The maximum atomic E-state index is 15.6. The van der Waals surface area contributed by atoms with Crippen LogP contribution in [-0.2, 0) is 22.7 Å². The number of nitrogens with one attached hydrogen (secondary N) is 3. The van der Waals surface area contributed by atoms with Gasteiger partial charge in [0.2, 0.25) is 23.6 Å². The molecular weight excluding hydrogens is 684 g/mol. The van der Waals surface area contributed by atoms with E-state index < -0.39 is 0 Å². The van der Waals surface area contributed by atoms with E-state index >= 15 is 4.39 Å². The second kappa shape index (κ2) is 14.3. The molecule has 0 spiro atoms. The number of amides is 2. The third kappa shape index (κ3) is 6.82. The average molecular weight is 727 g/mol. The molecule has 276 valence electrons. The predicted octanol–water partition coefficient (Wildman–Crippen LogP) is 6.83. The Hall–Kier alpha value is -5.62. The fourth-order valence-corrected chi connectivity index (χ4v) is 8.43. The van der Waals surface area contributed by atoms with Gasteiger partial charge in [0.25, 0.3) is 0 Å². The van der Waals surface area contributed by atoms with Crippen LogP contribution >= 0.6 is 0 Å². The number of piperidine rings is 2. The highest BCUT2D eigenvalue weighted by atomic mass is 19.1. The molecule has 2 saturated heterocycles. The van der Waals surface area contributed by atoms with E-state index in [-0.39, 0.29) is 23.5 Å². The summed E-state index contributed by atoms with van der Waals surface area (Å²) in [6, 6.07) is 17.7. The van der Waals surface area contributed by atoms with E-state index in [4.69, 9.17) is 9.72 Å². The van der Waals surface area contributed by atoms with Crippen molar-refractivity contribution in [2.45, 2.75) is 58.0 Å². The number of carbonyl (C=O) groups excluding carboxylic acids is 2. The molecule has 3 aromatic carbocycles. The summed E-state index contributed by atoms with van der Waals surface area (Å²) in [5.41, 5.74) is 9.60. The average Bonchev–Trinajstić information content (AvgIpc) is 3.60. The Morgan fingerprint density at radius 2 is 1.83 bits per heavy atom. The minimum absolute atomic E-state index is 0.182. The number of imide groups is 1. The lowest BCUT2D eigenvalue weighted by Crippen LogP contribution is -2.39. The van der Waals surface area contributed by atoms with Crippen LogP contribution in [0.5, 0.6) is 5.88 Å². The quantitative estimate of drug-likeness (QED) is 0.147. The number of halogens is 1. The maximum absolute atomic E-state index is 15.6. The molecule has 5 aromatic rings. The van der Waals surface area contributed by atoms with Crippen LogP contribution in [0.1, 0.15) is 60.3 Å². The van der Waals surface area contributed by atoms with Gasteiger partial charge in [-0.3, -0.25) is 19.8 Å². The highest BCUT2D eigenvalue weighted by Crippen LogP contribution is 2.37. The number of benzene rings is 3. The van der Waals surface area contributed by atoms with Gasteiger partial charge < -0.3 is 20.3 Å². The van der Waals surface area contributed by atoms with Crippen molar-refractivity contribution in [3.8, 4) is 17.0 Å². The summed E-state index contributed by atoms with van der Waals surface area (Å²) in [5, 5.41) is 9.99. The van der Waals surface area contributed by atoms with Gasteiger partial charge in [-0.15, -0.1) is 0 Å². The highest BCUT2D eigenvalue weighted by molar-refractivity contribution is 6.01. The molecule has 2 aromatic heterocycles. The van der Waals surface area contributed by atoms with E-state index in [2.05, 4.69) is 60.8 Å². The molecule has 4 aliphatic heterocycles. The van der Waals surface area contributed by atoms with Gasteiger partial charge in [0.15, 0.2) is 0 Å². The zero-order valence-corrected chi connectivity index (χ0v) is 30.3. The van der Waals surface area contributed by atoms with Crippen LogP contribution in [0.3, 0.4) is 0 Å². The number of fused-ring (bicyclic) bond motifs is 3. The van der Waals surface area contributed by atoms with Gasteiger partial charge in [-0.05, 0) is 97.2 Å². The van der Waals surface area contributed by atoms with Gasteiger partial charge in [-0.2, -0.15) is 0 Å². The van der Waals surface area contributed by atoms with Gasteiger partial charge >= 0.3 is 0 Å². The first kappa shape index (κ1) is 34.2. The fraction of sp³-hybridized carbons (Fsp3) is 0.357. The Morgan fingerprint density at radius 3 is 2.69 bits per heavy atom. The van der Waals surface area contributed by atoms with Crippen LogP contribution in [0.2, 0.25) is 0 Å². The Morgan fingerprint density at radius 1 is 0.963 bits per heavy atom. The van der Waals surface area contributed by atoms with Crippen LogP contribution in [0.15, 0.2) is 67.0 Å². The van der Waals surface area contributed by atoms with Crippen molar-refractivity contribution in [1.29, 1.82) is 0 Å². The Bertz CT molecular complexity index is 2270. The zero-order valence-electron chi connectivity index (χ0n) is 30.3. The fourth-order valence-electron chi connectivity index (χ4n) is 8.43. The number of anilines is 4. The Kier molecular flexibility index (Phi) is 9.06. The number of nitrogens with zero attached hydrogens (tertiary/aromatic N) is 5. The standard InChI is InChI=1S/C42H43FN8O3/c1-25-34(22-45-41-39(25)44-13-17-54-41)28-2-4-29-21-46-42(48-36(29)19-28)47-32-6-8-37(35(43)20-32)51-15-11-26(12-16-51)10-14-50-23-30-5-3-27(18-31(30)24-50)33-7-9-38(52)49-40(33)53/h2-6,8,18-22,26,33,44H,7,9-17,23-24H2,1H3,(H,46,47,48)(H,49,52,53). The number of carbonyl (C=O) groups is 2. The zero-order chi connectivity index (χ0) is 36.8. The van der Waals surface area contributed by atoms with E-state index in [1.807, 2.05) is 36.5 Å². The molecule has 0 radical (unpaired) electrons. The summed E-state index contributed by atoms with van der Waals surface area (Å²) in [6.45, 7) is 7.87. The number of hydrogen-bond acceptors (Lipinski definition) is 10.